The Morgan fingerprint density at radius 3 is 2.96 bits per heavy atom. The van der Waals surface area contributed by atoms with Crippen LogP contribution in [0.1, 0.15) is 0 Å². The predicted octanol–water partition coefficient (Wildman–Crippen LogP) is 2.66. The van der Waals surface area contributed by atoms with Crippen LogP contribution in [0.3, 0.4) is 0 Å². The number of hydrogen-bond acceptors (Lipinski definition) is 4. The third kappa shape index (κ3) is 3.18. The van der Waals surface area contributed by atoms with E-state index in [4.69, 9.17) is 4.74 Å². The van der Waals surface area contributed by atoms with Crippen molar-refractivity contribution < 1.29 is 23.8 Å². The van der Waals surface area contributed by atoms with Crippen molar-refractivity contribution in [2.24, 2.45) is 0 Å². The van der Waals surface area contributed by atoms with Crippen LogP contribution in [-0.2, 0) is 9.59 Å². The summed E-state index contributed by atoms with van der Waals surface area (Å²) in [6.45, 7) is -0.483. The first-order valence-corrected chi connectivity index (χ1v) is 7.75. The number of carbonyl (C=O) groups excluding carboxylic acids is 2. The van der Waals surface area contributed by atoms with Gasteiger partial charge in [0.2, 0.25) is 5.91 Å². The second kappa shape index (κ2) is 6.48. The number of benzene rings is 2. The van der Waals surface area contributed by atoms with Gasteiger partial charge in [-0.25, -0.2) is 4.39 Å². The van der Waals surface area contributed by atoms with E-state index in [1.54, 1.807) is 18.2 Å². The van der Waals surface area contributed by atoms with Gasteiger partial charge in [0.25, 0.3) is 5.91 Å². The van der Waals surface area contributed by atoms with Gasteiger partial charge in [-0.05, 0) is 30.3 Å². The Morgan fingerprint density at radius 1 is 1.38 bits per heavy atom. The Balaban J connectivity index is 1.79. The average Bonchev–Trinajstić information content (AvgIpc) is 2.54. The van der Waals surface area contributed by atoms with Crippen LogP contribution in [0.4, 0.5) is 15.8 Å². The Kier molecular flexibility index (Phi) is 4.39. The molecule has 2 aromatic carbocycles. The molecule has 0 aromatic heterocycles. The van der Waals surface area contributed by atoms with Crippen molar-refractivity contribution in [2.75, 3.05) is 23.4 Å². The molecule has 124 valence electrons. The van der Waals surface area contributed by atoms with Crippen molar-refractivity contribution in [1.29, 1.82) is 0 Å². The zero-order chi connectivity index (χ0) is 17.3. The molecule has 0 aliphatic carbocycles. The third-order valence-electron chi connectivity index (χ3n) is 3.42. The Hall–Kier alpha value is -2.61. The van der Waals surface area contributed by atoms with E-state index in [1.165, 1.54) is 23.1 Å². The van der Waals surface area contributed by atoms with Crippen molar-refractivity contribution in [1.82, 2.24) is 0 Å². The van der Waals surface area contributed by atoms with Gasteiger partial charge < -0.3 is 15.2 Å². The minimum atomic E-state index is -0.927. The highest BCUT2D eigenvalue weighted by molar-refractivity contribution is 9.10. The Labute approximate surface area is 145 Å². The second-order valence-electron chi connectivity index (χ2n) is 5.07. The zero-order valence-electron chi connectivity index (χ0n) is 12.3. The molecule has 3 rings (SSSR count). The predicted molar refractivity (Wildman–Crippen MR) is 88.7 cm³/mol. The van der Waals surface area contributed by atoms with Crippen molar-refractivity contribution in [3.05, 3.63) is 46.7 Å². The highest BCUT2D eigenvalue weighted by Crippen LogP contribution is 2.34. The smallest absolute Gasteiger partial charge is 0.265 e. The van der Waals surface area contributed by atoms with Crippen molar-refractivity contribution in [3.8, 4) is 11.5 Å². The number of nitrogens with zero attached hydrogens (tertiary/aromatic N) is 1. The van der Waals surface area contributed by atoms with Gasteiger partial charge in [0.05, 0.1) is 11.4 Å². The van der Waals surface area contributed by atoms with Gasteiger partial charge >= 0.3 is 0 Å². The number of phenolic OH excluding ortho intramolecular Hbond substituents is 1. The van der Waals surface area contributed by atoms with Crippen LogP contribution in [0.5, 0.6) is 11.5 Å². The molecule has 0 radical (unpaired) electrons. The molecule has 1 heterocycles. The summed E-state index contributed by atoms with van der Waals surface area (Å²) in [6, 6.07) is 8.96. The van der Waals surface area contributed by atoms with E-state index in [0.717, 1.165) is 4.47 Å². The average molecular weight is 395 g/mol. The molecule has 6 nitrogen and oxygen atoms in total. The number of hydrogen-bond donors (Lipinski definition) is 2. The molecule has 2 aromatic rings. The lowest BCUT2D eigenvalue weighted by molar-refractivity contribution is -0.123. The van der Waals surface area contributed by atoms with E-state index >= 15 is 0 Å². The molecule has 0 fully saturated rings. The van der Waals surface area contributed by atoms with Crippen molar-refractivity contribution in [2.45, 2.75) is 0 Å². The van der Waals surface area contributed by atoms with E-state index < -0.39 is 17.5 Å². The molecule has 24 heavy (non-hydrogen) atoms. The van der Waals surface area contributed by atoms with Gasteiger partial charge in [-0.2, -0.15) is 0 Å². The Morgan fingerprint density at radius 2 is 2.17 bits per heavy atom. The molecule has 0 bridgehead atoms. The number of aromatic hydroxyl groups is 1. The number of amides is 2. The summed E-state index contributed by atoms with van der Waals surface area (Å²) in [7, 11) is 0. The number of ether oxygens (including phenoxy) is 1. The fourth-order valence-electron chi connectivity index (χ4n) is 2.30. The molecule has 0 spiro atoms. The number of carbonyl (C=O) groups is 2. The summed E-state index contributed by atoms with van der Waals surface area (Å²) < 4.78 is 19.8. The lowest BCUT2D eigenvalue weighted by atomic mass is 10.2. The van der Waals surface area contributed by atoms with Gasteiger partial charge in [0.15, 0.2) is 18.2 Å². The molecular formula is C16H12BrFN2O4. The van der Waals surface area contributed by atoms with E-state index in [9.17, 15) is 19.1 Å². The summed E-state index contributed by atoms with van der Waals surface area (Å²) in [5, 5.41) is 11.7. The number of phenols is 1. The maximum absolute atomic E-state index is 13.7. The third-order valence-corrected chi connectivity index (χ3v) is 3.91. The van der Waals surface area contributed by atoms with Crippen LogP contribution in [0.15, 0.2) is 40.9 Å². The van der Waals surface area contributed by atoms with Gasteiger partial charge in [-0.1, -0.05) is 22.0 Å². The molecule has 0 saturated carbocycles. The molecule has 0 saturated heterocycles. The number of halogens is 2. The molecule has 0 atom stereocenters. The maximum Gasteiger partial charge on any atom is 0.265 e. The second-order valence-corrected chi connectivity index (χ2v) is 5.98. The molecular weight excluding hydrogens is 383 g/mol. The molecule has 8 heteroatoms. The van der Waals surface area contributed by atoms with Gasteiger partial charge in [0, 0.05) is 4.47 Å². The normalized spacial score (nSPS) is 13.2. The maximum atomic E-state index is 13.7. The minimum absolute atomic E-state index is 0.156. The Bertz CT molecular complexity index is 828. The molecule has 2 N–H and O–H groups in total. The zero-order valence-corrected chi connectivity index (χ0v) is 13.8. The van der Waals surface area contributed by atoms with Crippen LogP contribution >= 0.6 is 15.9 Å². The number of rotatable bonds is 3. The SMILES string of the molecule is O=C(CN1C(=O)COc2cc(Br)ccc21)Nc1cccc(O)c1F. The van der Waals surface area contributed by atoms with E-state index in [0.29, 0.717) is 11.4 Å². The molecule has 1 aliphatic heterocycles. The highest BCUT2D eigenvalue weighted by Gasteiger charge is 2.27. The fraction of sp³-hybridized carbons (Fsp3) is 0.125. The van der Waals surface area contributed by atoms with Crippen molar-refractivity contribution in [3.63, 3.8) is 0 Å². The molecule has 2 amide bonds. The standard InChI is InChI=1S/C16H12BrFN2O4/c17-9-4-5-11-13(6-9)24-8-15(23)20(11)7-14(22)19-10-2-1-3-12(21)16(10)18/h1-6,21H,7-8H2,(H,19,22). The van der Waals surface area contributed by atoms with Crippen LogP contribution in [0.2, 0.25) is 0 Å². The largest absolute Gasteiger partial charge is 0.505 e. The van der Waals surface area contributed by atoms with E-state index in [1.807, 2.05) is 0 Å². The summed E-state index contributed by atoms with van der Waals surface area (Å²) >= 11 is 3.31. The van der Waals surface area contributed by atoms with Crippen LogP contribution in [0, 0.1) is 5.82 Å². The van der Waals surface area contributed by atoms with Crippen LogP contribution < -0.4 is 15.0 Å². The highest BCUT2D eigenvalue weighted by atomic mass is 79.9. The van der Waals surface area contributed by atoms with E-state index in [2.05, 4.69) is 21.2 Å². The first-order valence-electron chi connectivity index (χ1n) is 6.96. The van der Waals surface area contributed by atoms with Gasteiger partial charge in [-0.3, -0.25) is 14.5 Å². The minimum Gasteiger partial charge on any atom is -0.505 e. The quantitative estimate of drug-likeness (QED) is 0.838. The number of nitrogens with one attached hydrogen (secondary N) is 1. The van der Waals surface area contributed by atoms with E-state index in [-0.39, 0.29) is 24.7 Å². The first kappa shape index (κ1) is 16.3. The van der Waals surface area contributed by atoms with Crippen LogP contribution in [-0.4, -0.2) is 30.1 Å². The molecule has 1 aliphatic rings. The summed E-state index contributed by atoms with van der Waals surface area (Å²) in [5.74, 6) is -1.99. The lowest BCUT2D eigenvalue weighted by Gasteiger charge is -2.29. The topological polar surface area (TPSA) is 78.9 Å². The van der Waals surface area contributed by atoms with Gasteiger partial charge in [0.1, 0.15) is 12.3 Å². The summed E-state index contributed by atoms with van der Waals surface area (Å²) in [6.07, 6.45) is 0. The number of anilines is 2. The summed E-state index contributed by atoms with van der Waals surface area (Å²) in [4.78, 5) is 25.5. The van der Waals surface area contributed by atoms with Gasteiger partial charge in [-0.15, -0.1) is 0 Å². The lowest BCUT2D eigenvalue weighted by Crippen LogP contribution is -2.43. The fourth-order valence-corrected chi connectivity index (χ4v) is 2.64. The first-order chi connectivity index (χ1) is 11.5. The molecule has 0 unspecified atom stereocenters. The monoisotopic (exact) mass is 394 g/mol. The van der Waals surface area contributed by atoms with Crippen LogP contribution in [0.25, 0.3) is 0 Å². The summed E-state index contributed by atoms with van der Waals surface area (Å²) in [5.41, 5.74) is 0.303. The number of fused-ring (bicyclic) bond motifs is 1. The van der Waals surface area contributed by atoms with Crippen molar-refractivity contribution >= 4 is 39.1 Å².